The molecule has 0 aliphatic heterocycles. The maximum absolute atomic E-state index is 11.9. The molecule has 2 rings (SSSR count). The lowest BCUT2D eigenvalue weighted by Crippen LogP contribution is -2.28. The van der Waals surface area contributed by atoms with Crippen LogP contribution in [-0.4, -0.2) is 18.6 Å². The monoisotopic (exact) mass is 366 g/mol. The van der Waals surface area contributed by atoms with Gasteiger partial charge in [0.05, 0.1) is 22.2 Å². The molecule has 0 atom stereocenters. The van der Waals surface area contributed by atoms with Gasteiger partial charge in [0.1, 0.15) is 0 Å². The Morgan fingerprint density at radius 2 is 1.88 bits per heavy atom. The maximum atomic E-state index is 11.9. The van der Waals surface area contributed by atoms with E-state index in [1.165, 1.54) is 0 Å². The van der Waals surface area contributed by atoms with Crippen molar-refractivity contribution in [3.05, 3.63) is 63.6 Å². The zero-order valence-electron chi connectivity index (χ0n) is 12.9. The summed E-state index contributed by atoms with van der Waals surface area (Å²) in [6.45, 7) is 2.32. The molecule has 24 heavy (non-hydrogen) atoms. The van der Waals surface area contributed by atoms with Crippen molar-refractivity contribution in [3.63, 3.8) is 0 Å². The molecule has 0 saturated heterocycles. The molecule has 2 N–H and O–H groups in total. The summed E-state index contributed by atoms with van der Waals surface area (Å²) in [5, 5.41) is 6.25. The molecule has 0 saturated carbocycles. The van der Waals surface area contributed by atoms with Crippen LogP contribution in [0.2, 0.25) is 10.0 Å². The Hall–Kier alpha value is -2.24. The van der Waals surface area contributed by atoms with Crippen molar-refractivity contribution in [2.45, 2.75) is 13.5 Å². The van der Waals surface area contributed by atoms with Gasteiger partial charge in [0.15, 0.2) is 0 Å². The molecule has 0 aliphatic carbocycles. The first-order valence-corrected chi connectivity index (χ1v) is 8.01. The number of nitrogens with one attached hydrogen (secondary N) is 2. The average molecular weight is 367 g/mol. The van der Waals surface area contributed by atoms with Crippen LogP contribution >= 0.6 is 23.2 Å². The van der Waals surface area contributed by atoms with E-state index in [1.54, 1.807) is 49.4 Å². The predicted octanol–water partition coefficient (Wildman–Crippen LogP) is 4.49. The first-order chi connectivity index (χ1) is 11.5. The Morgan fingerprint density at radius 1 is 1.08 bits per heavy atom. The van der Waals surface area contributed by atoms with Gasteiger partial charge < -0.3 is 15.4 Å². The average Bonchev–Trinajstić information content (AvgIpc) is 2.56. The summed E-state index contributed by atoms with van der Waals surface area (Å²) < 4.78 is 4.92. The molecule has 126 valence electrons. The first kappa shape index (κ1) is 18.1. The number of rotatable bonds is 5. The summed E-state index contributed by atoms with van der Waals surface area (Å²) in [5.41, 5.74) is 1.69. The molecule has 0 aromatic heterocycles. The van der Waals surface area contributed by atoms with Gasteiger partial charge in [0.25, 0.3) is 0 Å². The smallest absolute Gasteiger partial charge is 0.338 e. The van der Waals surface area contributed by atoms with Crippen molar-refractivity contribution in [2.75, 3.05) is 11.9 Å². The predicted molar refractivity (Wildman–Crippen MR) is 94.7 cm³/mol. The third kappa shape index (κ3) is 5.15. The Labute approximate surface area is 149 Å². The van der Waals surface area contributed by atoms with E-state index in [2.05, 4.69) is 10.6 Å². The van der Waals surface area contributed by atoms with E-state index in [1.807, 2.05) is 0 Å². The van der Waals surface area contributed by atoms with Crippen molar-refractivity contribution in [2.24, 2.45) is 0 Å². The number of carbonyl (C=O) groups excluding carboxylic acids is 2. The van der Waals surface area contributed by atoms with Crippen LogP contribution in [0, 0.1) is 0 Å². The molecule has 0 fully saturated rings. The Morgan fingerprint density at radius 3 is 2.58 bits per heavy atom. The van der Waals surface area contributed by atoms with E-state index in [9.17, 15) is 9.59 Å². The second-order valence-electron chi connectivity index (χ2n) is 4.86. The van der Waals surface area contributed by atoms with Crippen molar-refractivity contribution >= 4 is 40.9 Å². The minimum Gasteiger partial charge on any atom is -0.462 e. The molecule has 2 amide bonds. The lowest BCUT2D eigenvalue weighted by atomic mass is 10.2. The fraction of sp³-hybridized carbons (Fsp3) is 0.176. The number of ether oxygens (including phenoxy) is 1. The number of esters is 1. The van der Waals surface area contributed by atoms with Gasteiger partial charge in [-0.25, -0.2) is 9.59 Å². The summed E-state index contributed by atoms with van der Waals surface area (Å²) in [4.78, 5) is 23.6. The van der Waals surface area contributed by atoms with Crippen molar-refractivity contribution in [1.82, 2.24) is 5.32 Å². The van der Waals surface area contributed by atoms with Crippen molar-refractivity contribution in [3.8, 4) is 0 Å². The largest absolute Gasteiger partial charge is 0.462 e. The van der Waals surface area contributed by atoms with Crippen LogP contribution in [0.15, 0.2) is 42.5 Å². The van der Waals surface area contributed by atoms with E-state index in [4.69, 9.17) is 27.9 Å². The van der Waals surface area contributed by atoms with Crippen LogP contribution in [0.1, 0.15) is 22.8 Å². The van der Waals surface area contributed by atoms with E-state index >= 15 is 0 Å². The molecule has 2 aromatic rings. The van der Waals surface area contributed by atoms with Crippen LogP contribution in [0.3, 0.4) is 0 Å². The van der Waals surface area contributed by atoms with Gasteiger partial charge >= 0.3 is 12.0 Å². The van der Waals surface area contributed by atoms with Gasteiger partial charge in [0.2, 0.25) is 0 Å². The number of amides is 2. The van der Waals surface area contributed by atoms with Gasteiger partial charge in [-0.1, -0.05) is 35.3 Å². The minimum absolute atomic E-state index is 0.292. The quantitative estimate of drug-likeness (QED) is 0.765. The second-order valence-corrected chi connectivity index (χ2v) is 5.67. The van der Waals surface area contributed by atoms with E-state index in [0.29, 0.717) is 34.4 Å². The fourth-order valence-corrected chi connectivity index (χ4v) is 2.27. The topological polar surface area (TPSA) is 67.4 Å². The number of hydrogen-bond acceptors (Lipinski definition) is 3. The summed E-state index contributed by atoms with van der Waals surface area (Å²) in [6.07, 6.45) is 0. The van der Waals surface area contributed by atoms with Crippen LogP contribution in [-0.2, 0) is 11.3 Å². The lowest BCUT2D eigenvalue weighted by Gasteiger charge is -2.09. The molecule has 0 radical (unpaired) electrons. The van der Waals surface area contributed by atoms with E-state index < -0.39 is 12.0 Å². The first-order valence-electron chi connectivity index (χ1n) is 7.25. The maximum Gasteiger partial charge on any atom is 0.338 e. The Kier molecular flexibility index (Phi) is 6.46. The number of halogens is 2. The van der Waals surface area contributed by atoms with Gasteiger partial charge in [-0.15, -0.1) is 0 Å². The van der Waals surface area contributed by atoms with E-state index in [0.717, 1.165) is 5.56 Å². The zero-order valence-corrected chi connectivity index (χ0v) is 14.4. The molecule has 2 aromatic carbocycles. The molecular formula is C17H16Cl2N2O3. The third-order valence-corrected chi connectivity index (χ3v) is 3.81. The lowest BCUT2D eigenvalue weighted by molar-refractivity contribution is 0.0526. The fourth-order valence-electron chi connectivity index (χ4n) is 1.95. The molecule has 7 heteroatoms. The van der Waals surface area contributed by atoms with Crippen molar-refractivity contribution < 1.29 is 14.3 Å². The zero-order chi connectivity index (χ0) is 17.5. The standard InChI is InChI=1S/C17H16Cl2N2O3/c1-2-24-16(22)12-4-3-5-13(9-12)21-17(23)20-10-11-6-7-14(18)15(19)8-11/h3-9H,2,10H2,1H3,(H2,20,21,23). The highest BCUT2D eigenvalue weighted by Crippen LogP contribution is 2.22. The van der Waals surface area contributed by atoms with Gasteiger partial charge in [-0.3, -0.25) is 0 Å². The van der Waals surface area contributed by atoms with Gasteiger partial charge in [-0.05, 0) is 42.8 Å². The Bertz CT molecular complexity index is 750. The number of hydrogen-bond donors (Lipinski definition) is 2. The number of urea groups is 1. The Balaban J connectivity index is 1.93. The molecule has 0 heterocycles. The summed E-state index contributed by atoms with van der Waals surface area (Å²) >= 11 is 11.8. The summed E-state index contributed by atoms with van der Waals surface area (Å²) in [5.74, 6) is -0.433. The molecule has 5 nitrogen and oxygen atoms in total. The van der Waals surface area contributed by atoms with Crippen molar-refractivity contribution in [1.29, 1.82) is 0 Å². The number of anilines is 1. The number of benzene rings is 2. The molecule has 0 aliphatic rings. The van der Waals surface area contributed by atoms with Crippen LogP contribution < -0.4 is 10.6 Å². The van der Waals surface area contributed by atoms with Crippen LogP contribution in [0.25, 0.3) is 0 Å². The highest BCUT2D eigenvalue weighted by molar-refractivity contribution is 6.42. The van der Waals surface area contributed by atoms with Gasteiger partial charge in [-0.2, -0.15) is 0 Å². The second kappa shape index (κ2) is 8.57. The molecule has 0 unspecified atom stereocenters. The van der Waals surface area contributed by atoms with E-state index in [-0.39, 0.29) is 0 Å². The summed E-state index contributed by atoms with van der Waals surface area (Å²) in [7, 11) is 0. The SMILES string of the molecule is CCOC(=O)c1cccc(NC(=O)NCc2ccc(Cl)c(Cl)c2)c1. The number of carbonyl (C=O) groups is 2. The minimum atomic E-state index is -0.433. The van der Waals surface area contributed by atoms with Crippen LogP contribution in [0.4, 0.5) is 10.5 Å². The third-order valence-electron chi connectivity index (χ3n) is 3.07. The highest BCUT2D eigenvalue weighted by Gasteiger charge is 2.08. The highest BCUT2D eigenvalue weighted by atomic mass is 35.5. The normalized spacial score (nSPS) is 10.1. The van der Waals surface area contributed by atoms with Crippen LogP contribution in [0.5, 0.6) is 0 Å². The molecule has 0 bridgehead atoms. The van der Waals surface area contributed by atoms with Gasteiger partial charge in [0, 0.05) is 12.2 Å². The molecule has 0 spiro atoms. The molecular weight excluding hydrogens is 351 g/mol. The summed E-state index contributed by atoms with van der Waals surface area (Å²) in [6, 6.07) is 11.3.